The fraction of sp³-hybridized carbons (Fsp3) is 0.632. The Balaban J connectivity index is 1.98. The number of carbonyl (C=O) groups excluding carboxylic acids is 1. The molecule has 114 valence electrons. The smallest absolute Gasteiger partial charge is 0.141 e. The van der Waals surface area contributed by atoms with Crippen LogP contribution in [0.2, 0.25) is 0 Å². The van der Waals surface area contributed by atoms with Gasteiger partial charge in [0.05, 0.1) is 12.2 Å². The first-order valence-corrected chi connectivity index (χ1v) is 8.43. The maximum Gasteiger partial charge on any atom is 0.141 e. The molecule has 1 saturated carbocycles. The lowest BCUT2D eigenvalue weighted by Crippen LogP contribution is -2.39. The highest BCUT2D eigenvalue weighted by atomic mass is 16.5. The number of fused-ring (bicyclic) bond motifs is 1. The van der Waals surface area contributed by atoms with E-state index in [1.54, 1.807) is 0 Å². The second kappa shape index (κ2) is 5.92. The van der Waals surface area contributed by atoms with Crippen molar-refractivity contribution in [3.8, 4) is 0 Å². The Morgan fingerprint density at radius 3 is 2.43 bits per heavy atom. The van der Waals surface area contributed by atoms with Gasteiger partial charge in [-0.3, -0.25) is 4.79 Å². The monoisotopic (exact) mass is 286 g/mol. The van der Waals surface area contributed by atoms with Crippen molar-refractivity contribution in [3.63, 3.8) is 0 Å². The molecule has 1 unspecified atom stereocenters. The summed E-state index contributed by atoms with van der Waals surface area (Å²) in [4.78, 5) is 12.6. The molecule has 1 heterocycles. The summed E-state index contributed by atoms with van der Waals surface area (Å²) in [5.74, 6) is 1.29. The molecule has 1 aliphatic carbocycles. The van der Waals surface area contributed by atoms with E-state index in [0.29, 0.717) is 24.0 Å². The standard InChI is InChI=1S/C19H26O2/c1-3-10-19(11-4-2)18-15(13-21-19)12-16(20)17(18)14-8-6-5-7-9-14/h5-9,15,17-18H,3-4,10-13H2,1-2H3/t15-,17?,18+/m1/s1. The van der Waals surface area contributed by atoms with Gasteiger partial charge in [0.25, 0.3) is 0 Å². The van der Waals surface area contributed by atoms with Crippen LogP contribution in [-0.4, -0.2) is 18.0 Å². The van der Waals surface area contributed by atoms with Crippen LogP contribution in [0.1, 0.15) is 57.4 Å². The molecule has 3 rings (SSSR count). The van der Waals surface area contributed by atoms with E-state index in [-0.39, 0.29) is 11.5 Å². The van der Waals surface area contributed by atoms with Crippen molar-refractivity contribution in [1.82, 2.24) is 0 Å². The van der Waals surface area contributed by atoms with Crippen molar-refractivity contribution in [1.29, 1.82) is 0 Å². The summed E-state index contributed by atoms with van der Waals surface area (Å²) in [6, 6.07) is 10.4. The van der Waals surface area contributed by atoms with Gasteiger partial charge in [0.1, 0.15) is 5.78 Å². The Bertz CT molecular complexity index is 482. The predicted molar refractivity (Wildman–Crippen MR) is 84.3 cm³/mol. The number of ketones is 1. The van der Waals surface area contributed by atoms with Gasteiger partial charge in [0.2, 0.25) is 0 Å². The minimum absolute atomic E-state index is 0.0526. The van der Waals surface area contributed by atoms with E-state index in [2.05, 4.69) is 26.0 Å². The molecule has 0 N–H and O–H groups in total. The summed E-state index contributed by atoms with van der Waals surface area (Å²) in [6.45, 7) is 5.23. The van der Waals surface area contributed by atoms with Crippen LogP contribution >= 0.6 is 0 Å². The topological polar surface area (TPSA) is 26.3 Å². The molecule has 2 aliphatic rings. The normalized spacial score (nSPS) is 30.6. The van der Waals surface area contributed by atoms with E-state index in [9.17, 15) is 4.79 Å². The van der Waals surface area contributed by atoms with Crippen molar-refractivity contribution in [2.45, 2.75) is 57.5 Å². The van der Waals surface area contributed by atoms with Crippen molar-refractivity contribution >= 4 is 5.78 Å². The second-order valence-electron chi connectivity index (χ2n) is 6.72. The van der Waals surface area contributed by atoms with E-state index in [4.69, 9.17) is 4.74 Å². The zero-order valence-electron chi connectivity index (χ0n) is 13.2. The molecule has 0 radical (unpaired) electrons. The minimum Gasteiger partial charge on any atom is -0.374 e. The number of hydrogen-bond donors (Lipinski definition) is 0. The van der Waals surface area contributed by atoms with E-state index in [1.807, 2.05) is 18.2 Å². The lowest BCUT2D eigenvalue weighted by Gasteiger charge is -2.37. The number of carbonyl (C=O) groups is 1. The molecule has 1 saturated heterocycles. The van der Waals surface area contributed by atoms with Gasteiger partial charge in [-0.2, -0.15) is 0 Å². The summed E-state index contributed by atoms with van der Waals surface area (Å²) in [5, 5.41) is 0. The number of hydrogen-bond acceptors (Lipinski definition) is 2. The quantitative estimate of drug-likeness (QED) is 0.804. The maximum absolute atomic E-state index is 12.6. The molecule has 0 spiro atoms. The summed E-state index contributed by atoms with van der Waals surface area (Å²) >= 11 is 0. The SMILES string of the molecule is CCCC1(CCC)OC[C@H]2CC(=O)C(c3ccccc3)[C@H]21. The molecule has 3 atom stereocenters. The average molecular weight is 286 g/mol. The van der Waals surface area contributed by atoms with Crippen LogP contribution in [-0.2, 0) is 9.53 Å². The van der Waals surface area contributed by atoms with Gasteiger partial charge in [-0.05, 0) is 24.3 Å². The summed E-state index contributed by atoms with van der Waals surface area (Å²) in [6.07, 6.45) is 5.12. The third kappa shape index (κ3) is 2.44. The van der Waals surface area contributed by atoms with Gasteiger partial charge in [-0.25, -0.2) is 0 Å². The summed E-state index contributed by atoms with van der Waals surface area (Å²) < 4.78 is 6.34. The Morgan fingerprint density at radius 2 is 1.81 bits per heavy atom. The van der Waals surface area contributed by atoms with Gasteiger partial charge in [0.15, 0.2) is 0 Å². The Kier molecular flexibility index (Phi) is 4.17. The third-order valence-electron chi connectivity index (χ3n) is 5.37. The lowest BCUT2D eigenvalue weighted by molar-refractivity contribution is -0.122. The third-order valence-corrected chi connectivity index (χ3v) is 5.37. The number of Topliss-reactive ketones (excluding diaryl/α,β-unsaturated/α-hetero) is 1. The largest absolute Gasteiger partial charge is 0.374 e. The fourth-order valence-corrected chi connectivity index (χ4v) is 4.75. The van der Waals surface area contributed by atoms with Crippen LogP contribution in [0.4, 0.5) is 0 Å². The van der Waals surface area contributed by atoms with Crippen LogP contribution in [0.3, 0.4) is 0 Å². The van der Waals surface area contributed by atoms with Crippen molar-refractivity contribution in [3.05, 3.63) is 35.9 Å². The molecular weight excluding hydrogens is 260 g/mol. The van der Waals surface area contributed by atoms with Gasteiger partial charge >= 0.3 is 0 Å². The maximum atomic E-state index is 12.6. The molecule has 0 bridgehead atoms. The van der Waals surface area contributed by atoms with Crippen LogP contribution in [0.15, 0.2) is 30.3 Å². The van der Waals surface area contributed by atoms with E-state index < -0.39 is 0 Å². The molecule has 1 aromatic rings. The van der Waals surface area contributed by atoms with Crippen molar-refractivity contribution < 1.29 is 9.53 Å². The highest BCUT2D eigenvalue weighted by molar-refractivity contribution is 5.89. The molecule has 2 fully saturated rings. The second-order valence-corrected chi connectivity index (χ2v) is 6.72. The fourth-order valence-electron chi connectivity index (χ4n) is 4.75. The molecule has 2 nitrogen and oxygen atoms in total. The highest BCUT2D eigenvalue weighted by Crippen LogP contribution is 2.55. The first-order valence-electron chi connectivity index (χ1n) is 8.43. The minimum atomic E-state index is -0.0686. The van der Waals surface area contributed by atoms with Gasteiger partial charge in [0, 0.05) is 18.3 Å². The Hall–Kier alpha value is -1.15. The summed E-state index contributed by atoms with van der Waals surface area (Å²) in [7, 11) is 0. The van der Waals surface area contributed by atoms with Gasteiger partial charge < -0.3 is 4.74 Å². The van der Waals surface area contributed by atoms with Gasteiger partial charge in [-0.15, -0.1) is 0 Å². The first kappa shape index (κ1) is 14.8. The van der Waals surface area contributed by atoms with Gasteiger partial charge in [-0.1, -0.05) is 57.0 Å². The van der Waals surface area contributed by atoms with E-state index in [0.717, 1.165) is 32.3 Å². The zero-order chi connectivity index (χ0) is 14.9. The van der Waals surface area contributed by atoms with Crippen molar-refractivity contribution in [2.24, 2.45) is 11.8 Å². The molecule has 0 amide bonds. The molecule has 21 heavy (non-hydrogen) atoms. The molecule has 0 aromatic heterocycles. The first-order chi connectivity index (χ1) is 10.2. The predicted octanol–water partition coefficient (Wildman–Crippen LogP) is 4.34. The number of benzene rings is 1. The Labute approximate surface area is 127 Å². The van der Waals surface area contributed by atoms with E-state index >= 15 is 0 Å². The molecular formula is C19H26O2. The average Bonchev–Trinajstić information content (AvgIpc) is 2.98. The van der Waals surface area contributed by atoms with Crippen LogP contribution < -0.4 is 0 Å². The van der Waals surface area contributed by atoms with Crippen LogP contribution in [0, 0.1) is 11.8 Å². The lowest BCUT2D eigenvalue weighted by atomic mass is 9.71. The number of ether oxygens (including phenoxy) is 1. The molecule has 1 aliphatic heterocycles. The number of rotatable bonds is 5. The Morgan fingerprint density at radius 1 is 1.14 bits per heavy atom. The zero-order valence-corrected chi connectivity index (χ0v) is 13.2. The molecule has 1 aromatic carbocycles. The van der Waals surface area contributed by atoms with E-state index in [1.165, 1.54) is 5.56 Å². The summed E-state index contributed by atoms with van der Waals surface area (Å²) in [5.41, 5.74) is 1.12. The van der Waals surface area contributed by atoms with Crippen LogP contribution in [0.5, 0.6) is 0 Å². The molecule has 2 heteroatoms. The van der Waals surface area contributed by atoms with Crippen molar-refractivity contribution in [2.75, 3.05) is 6.61 Å². The van der Waals surface area contributed by atoms with Crippen LogP contribution in [0.25, 0.3) is 0 Å². The highest BCUT2D eigenvalue weighted by Gasteiger charge is 2.57.